The van der Waals surface area contributed by atoms with Gasteiger partial charge in [-0.25, -0.2) is 0 Å². The van der Waals surface area contributed by atoms with Gasteiger partial charge < -0.3 is 0 Å². The normalized spacial score (nSPS) is 28.2. The van der Waals surface area contributed by atoms with Crippen LogP contribution >= 0.6 is 0 Å². The van der Waals surface area contributed by atoms with E-state index >= 15 is 0 Å². The number of hydrogen-bond acceptors (Lipinski definition) is 2. The fourth-order valence-electron chi connectivity index (χ4n) is 0.758. The van der Waals surface area contributed by atoms with Crippen molar-refractivity contribution in [1.29, 1.82) is 5.26 Å². The molecule has 0 fully saturated rings. The quantitative estimate of drug-likeness (QED) is 0.419. The van der Waals surface area contributed by atoms with Crippen LogP contribution in [-0.2, 0) is 0 Å². The highest BCUT2D eigenvalue weighted by Crippen LogP contribution is 2.03. The molecule has 1 aliphatic rings. The molecule has 0 saturated heterocycles. The number of likely N-dealkylation sites (N-methyl/N-ethyl adjacent to an activating group) is 1. The Hall–Kier alpha value is -0.810. The number of hydrogen-bond donors (Lipinski definition) is 0. The molecule has 0 radical (unpaired) electrons. The van der Waals surface area contributed by atoms with Gasteiger partial charge in [-0.1, -0.05) is 12.2 Å². The first kappa shape index (κ1) is 5.33. The third-order valence-electron chi connectivity index (χ3n) is 1.32. The van der Waals surface area contributed by atoms with Crippen molar-refractivity contribution in [3.8, 4) is 6.07 Å². The molecule has 0 aromatic heterocycles. The van der Waals surface area contributed by atoms with Crippen LogP contribution in [0.5, 0.6) is 0 Å². The summed E-state index contributed by atoms with van der Waals surface area (Å²) in [6, 6.07) is 2.18. The zero-order valence-electron chi connectivity index (χ0n) is 4.83. The summed E-state index contributed by atoms with van der Waals surface area (Å²) in [7, 11) is 1.94. The van der Waals surface area contributed by atoms with Crippen molar-refractivity contribution in [2.24, 2.45) is 0 Å². The summed E-state index contributed by atoms with van der Waals surface area (Å²) in [4.78, 5) is 1.99. The van der Waals surface area contributed by atoms with Gasteiger partial charge in [0, 0.05) is 6.54 Å². The van der Waals surface area contributed by atoms with Crippen molar-refractivity contribution in [3.63, 3.8) is 0 Å². The Labute approximate surface area is 49.0 Å². The van der Waals surface area contributed by atoms with Gasteiger partial charge in [-0.3, -0.25) is 4.90 Å². The van der Waals surface area contributed by atoms with E-state index in [2.05, 4.69) is 6.07 Å². The first-order valence-corrected chi connectivity index (χ1v) is 2.61. The van der Waals surface area contributed by atoms with E-state index in [0.29, 0.717) is 0 Å². The van der Waals surface area contributed by atoms with Gasteiger partial charge in [-0.2, -0.15) is 5.26 Å². The molecule has 1 unspecified atom stereocenters. The smallest absolute Gasteiger partial charge is 0.116 e. The molecule has 0 spiro atoms. The Morgan fingerprint density at radius 3 is 2.88 bits per heavy atom. The van der Waals surface area contributed by atoms with Crippen molar-refractivity contribution in [3.05, 3.63) is 12.2 Å². The topological polar surface area (TPSA) is 27.0 Å². The highest BCUT2D eigenvalue weighted by atomic mass is 15.1. The van der Waals surface area contributed by atoms with E-state index in [0.717, 1.165) is 6.54 Å². The second kappa shape index (κ2) is 1.97. The van der Waals surface area contributed by atoms with Crippen molar-refractivity contribution in [1.82, 2.24) is 4.90 Å². The lowest BCUT2D eigenvalue weighted by atomic mass is 10.3. The maximum absolute atomic E-state index is 8.39. The Morgan fingerprint density at radius 2 is 2.62 bits per heavy atom. The highest BCUT2D eigenvalue weighted by Gasteiger charge is 2.12. The van der Waals surface area contributed by atoms with E-state index in [1.54, 1.807) is 0 Å². The van der Waals surface area contributed by atoms with Crippen molar-refractivity contribution < 1.29 is 0 Å². The lowest BCUT2D eigenvalue weighted by Gasteiger charge is -2.09. The molecule has 8 heavy (non-hydrogen) atoms. The third kappa shape index (κ3) is 0.728. The molecule has 1 rings (SSSR count). The second-order valence-corrected chi connectivity index (χ2v) is 1.94. The zero-order chi connectivity index (χ0) is 5.98. The molecule has 0 aliphatic carbocycles. The van der Waals surface area contributed by atoms with Crippen LogP contribution in [0.4, 0.5) is 0 Å². The van der Waals surface area contributed by atoms with Crippen molar-refractivity contribution >= 4 is 0 Å². The van der Waals surface area contributed by atoms with Crippen LogP contribution in [0.1, 0.15) is 0 Å². The lowest BCUT2D eigenvalue weighted by Crippen LogP contribution is -2.23. The predicted molar refractivity (Wildman–Crippen MR) is 31.2 cm³/mol. The summed E-state index contributed by atoms with van der Waals surface area (Å²) in [6.07, 6.45) is 3.92. The van der Waals surface area contributed by atoms with E-state index in [4.69, 9.17) is 5.26 Å². The molecule has 0 N–H and O–H groups in total. The fraction of sp³-hybridized carbons (Fsp3) is 0.500. The largest absolute Gasteiger partial charge is 0.284 e. The molecule has 0 saturated carbocycles. The van der Waals surface area contributed by atoms with E-state index < -0.39 is 0 Å². The minimum atomic E-state index is 0.0231. The molecule has 42 valence electrons. The molecule has 1 aliphatic heterocycles. The minimum Gasteiger partial charge on any atom is -0.284 e. The molecule has 0 aromatic rings. The van der Waals surface area contributed by atoms with Crippen LogP contribution in [0, 0.1) is 11.3 Å². The van der Waals surface area contributed by atoms with E-state index in [9.17, 15) is 0 Å². The van der Waals surface area contributed by atoms with Gasteiger partial charge in [-0.05, 0) is 7.05 Å². The summed E-state index contributed by atoms with van der Waals surface area (Å²) < 4.78 is 0. The average Bonchev–Trinajstić information content (AvgIpc) is 2.14. The Kier molecular flexibility index (Phi) is 1.32. The van der Waals surface area contributed by atoms with Crippen LogP contribution in [0.15, 0.2) is 12.2 Å². The van der Waals surface area contributed by atoms with Crippen LogP contribution in [0.2, 0.25) is 0 Å². The van der Waals surface area contributed by atoms with Gasteiger partial charge in [0.15, 0.2) is 0 Å². The summed E-state index contributed by atoms with van der Waals surface area (Å²) in [5.41, 5.74) is 0. The van der Waals surface area contributed by atoms with Gasteiger partial charge in [0.2, 0.25) is 0 Å². The van der Waals surface area contributed by atoms with Crippen LogP contribution < -0.4 is 0 Å². The summed E-state index contributed by atoms with van der Waals surface area (Å²) in [6.45, 7) is 0.915. The summed E-state index contributed by atoms with van der Waals surface area (Å²) in [5, 5.41) is 8.39. The standard InChI is InChI=1S/C6H8N2/c1-8-4-2-3-6(8)5-7/h2-3,6H,4H2,1H3. The molecule has 0 bridgehead atoms. The molecule has 0 aromatic carbocycles. The van der Waals surface area contributed by atoms with Gasteiger partial charge in [0.25, 0.3) is 0 Å². The Bertz CT molecular complexity index is 143. The van der Waals surface area contributed by atoms with Crippen LogP contribution in [0.3, 0.4) is 0 Å². The fourth-order valence-corrected chi connectivity index (χ4v) is 0.758. The highest BCUT2D eigenvalue weighted by molar-refractivity contribution is 5.12. The van der Waals surface area contributed by atoms with Crippen LogP contribution in [0.25, 0.3) is 0 Å². The van der Waals surface area contributed by atoms with E-state index in [-0.39, 0.29) is 6.04 Å². The molecular formula is C6H8N2. The second-order valence-electron chi connectivity index (χ2n) is 1.94. The average molecular weight is 108 g/mol. The first-order valence-electron chi connectivity index (χ1n) is 2.61. The molecular weight excluding hydrogens is 100 g/mol. The SMILES string of the molecule is CN1CC=CC1C#N. The molecule has 0 amide bonds. The lowest BCUT2D eigenvalue weighted by molar-refractivity contribution is 0.383. The van der Waals surface area contributed by atoms with Crippen molar-refractivity contribution in [2.75, 3.05) is 13.6 Å². The molecule has 1 heterocycles. The molecule has 2 heteroatoms. The number of rotatable bonds is 0. The van der Waals surface area contributed by atoms with E-state index in [1.807, 2.05) is 24.1 Å². The van der Waals surface area contributed by atoms with Gasteiger partial charge >= 0.3 is 0 Å². The first-order chi connectivity index (χ1) is 3.84. The zero-order valence-corrected chi connectivity index (χ0v) is 4.83. The third-order valence-corrected chi connectivity index (χ3v) is 1.32. The maximum Gasteiger partial charge on any atom is 0.116 e. The van der Waals surface area contributed by atoms with Crippen LogP contribution in [-0.4, -0.2) is 24.5 Å². The van der Waals surface area contributed by atoms with Gasteiger partial charge in [0.05, 0.1) is 6.07 Å². The minimum absolute atomic E-state index is 0.0231. The maximum atomic E-state index is 8.39. The monoisotopic (exact) mass is 108 g/mol. The Balaban J connectivity index is 2.57. The summed E-state index contributed by atoms with van der Waals surface area (Å²) in [5.74, 6) is 0. The van der Waals surface area contributed by atoms with Gasteiger partial charge in [-0.15, -0.1) is 0 Å². The van der Waals surface area contributed by atoms with Gasteiger partial charge in [0.1, 0.15) is 6.04 Å². The summed E-state index contributed by atoms with van der Waals surface area (Å²) >= 11 is 0. The number of nitriles is 1. The van der Waals surface area contributed by atoms with E-state index in [1.165, 1.54) is 0 Å². The number of nitrogens with zero attached hydrogens (tertiary/aromatic N) is 2. The van der Waals surface area contributed by atoms with Crippen molar-refractivity contribution in [2.45, 2.75) is 6.04 Å². The molecule has 1 atom stereocenters. The molecule has 2 nitrogen and oxygen atoms in total. The predicted octanol–water partition coefficient (Wildman–Crippen LogP) is 0.380. The Morgan fingerprint density at radius 1 is 1.88 bits per heavy atom.